The van der Waals surface area contributed by atoms with Crippen molar-refractivity contribution in [3.63, 3.8) is 0 Å². The minimum atomic E-state index is 0.0867. The SMILES string of the molecule is CSc1ncc(/C=C/C(=O)N2CCCCC2)cn1. The van der Waals surface area contributed by atoms with Crippen molar-refractivity contribution in [2.45, 2.75) is 24.4 Å². The number of carbonyl (C=O) groups excluding carboxylic acids is 1. The Kier molecular flexibility index (Phi) is 4.75. The van der Waals surface area contributed by atoms with Crippen molar-refractivity contribution in [1.29, 1.82) is 0 Å². The van der Waals surface area contributed by atoms with Crippen LogP contribution < -0.4 is 0 Å². The third-order valence-corrected chi connectivity index (χ3v) is 3.49. The molecule has 1 aliphatic heterocycles. The Morgan fingerprint density at radius 2 is 1.94 bits per heavy atom. The van der Waals surface area contributed by atoms with Crippen molar-refractivity contribution in [2.24, 2.45) is 0 Å². The molecular weight excluding hydrogens is 246 g/mol. The van der Waals surface area contributed by atoms with Gasteiger partial charge >= 0.3 is 0 Å². The molecule has 0 aliphatic carbocycles. The van der Waals surface area contributed by atoms with Gasteiger partial charge in [-0.1, -0.05) is 11.8 Å². The molecule has 0 radical (unpaired) electrons. The number of carbonyl (C=O) groups is 1. The maximum absolute atomic E-state index is 11.9. The van der Waals surface area contributed by atoms with Crippen molar-refractivity contribution in [1.82, 2.24) is 14.9 Å². The van der Waals surface area contributed by atoms with Gasteiger partial charge in [0.1, 0.15) is 0 Å². The van der Waals surface area contributed by atoms with Crippen molar-refractivity contribution in [3.8, 4) is 0 Å². The molecule has 4 nitrogen and oxygen atoms in total. The number of hydrogen-bond acceptors (Lipinski definition) is 4. The second-order valence-corrected chi connectivity index (χ2v) is 5.00. The summed E-state index contributed by atoms with van der Waals surface area (Å²) in [6, 6.07) is 0. The van der Waals surface area contributed by atoms with Crippen LogP contribution in [0.1, 0.15) is 24.8 Å². The molecule has 96 valence electrons. The first kappa shape index (κ1) is 13.1. The highest BCUT2D eigenvalue weighted by Crippen LogP contribution is 2.11. The molecule has 1 aromatic heterocycles. The number of amides is 1. The molecule has 0 atom stereocenters. The lowest BCUT2D eigenvalue weighted by molar-refractivity contribution is -0.126. The largest absolute Gasteiger partial charge is 0.339 e. The summed E-state index contributed by atoms with van der Waals surface area (Å²) in [5, 5.41) is 0.745. The zero-order chi connectivity index (χ0) is 12.8. The smallest absolute Gasteiger partial charge is 0.246 e. The van der Waals surface area contributed by atoms with Crippen molar-refractivity contribution in [2.75, 3.05) is 19.3 Å². The van der Waals surface area contributed by atoms with E-state index in [1.807, 2.05) is 11.2 Å². The Morgan fingerprint density at radius 1 is 1.28 bits per heavy atom. The zero-order valence-corrected chi connectivity index (χ0v) is 11.3. The molecule has 5 heteroatoms. The van der Waals surface area contributed by atoms with Crippen molar-refractivity contribution in [3.05, 3.63) is 24.0 Å². The fourth-order valence-corrected chi connectivity index (χ4v) is 2.22. The van der Waals surface area contributed by atoms with Crippen LogP contribution >= 0.6 is 11.8 Å². The fourth-order valence-electron chi connectivity index (χ4n) is 1.90. The summed E-state index contributed by atoms with van der Waals surface area (Å²) in [6.07, 6.45) is 12.3. The van der Waals surface area contributed by atoms with Crippen LogP contribution in [-0.2, 0) is 4.79 Å². The fraction of sp³-hybridized carbons (Fsp3) is 0.462. The quantitative estimate of drug-likeness (QED) is 0.476. The normalized spacial score (nSPS) is 16.2. The van der Waals surface area contributed by atoms with Crippen LogP contribution in [0.25, 0.3) is 6.08 Å². The lowest BCUT2D eigenvalue weighted by Gasteiger charge is -2.25. The zero-order valence-electron chi connectivity index (χ0n) is 10.5. The number of piperidine rings is 1. The Balaban J connectivity index is 1.94. The third-order valence-electron chi connectivity index (χ3n) is 2.92. The van der Waals surface area contributed by atoms with Crippen LogP contribution in [0.5, 0.6) is 0 Å². The molecule has 0 saturated carbocycles. The highest BCUT2D eigenvalue weighted by molar-refractivity contribution is 7.98. The van der Waals surface area contributed by atoms with E-state index in [4.69, 9.17) is 0 Å². The lowest BCUT2D eigenvalue weighted by atomic mass is 10.1. The van der Waals surface area contributed by atoms with E-state index < -0.39 is 0 Å². The molecule has 1 fully saturated rings. The number of aromatic nitrogens is 2. The summed E-state index contributed by atoms with van der Waals surface area (Å²) in [5.74, 6) is 0.0867. The average Bonchev–Trinajstić information content (AvgIpc) is 2.46. The third kappa shape index (κ3) is 3.57. The second-order valence-electron chi connectivity index (χ2n) is 4.22. The number of thioether (sulfide) groups is 1. The molecule has 2 heterocycles. The summed E-state index contributed by atoms with van der Waals surface area (Å²) in [5.41, 5.74) is 0.859. The van der Waals surface area contributed by atoms with Gasteiger partial charge in [-0.15, -0.1) is 0 Å². The van der Waals surface area contributed by atoms with E-state index >= 15 is 0 Å². The van der Waals surface area contributed by atoms with Gasteiger partial charge in [0.2, 0.25) is 5.91 Å². The second kappa shape index (κ2) is 6.54. The molecule has 1 aromatic rings. The predicted molar refractivity (Wildman–Crippen MR) is 73.3 cm³/mol. The van der Waals surface area contributed by atoms with Gasteiger partial charge in [0.05, 0.1) is 0 Å². The Morgan fingerprint density at radius 3 is 2.56 bits per heavy atom. The Bertz CT molecular complexity index is 424. The van der Waals surface area contributed by atoms with E-state index in [1.165, 1.54) is 18.2 Å². The summed E-state index contributed by atoms with van der Waals surface area (Å²) >= 11 is 1.50. The molecular formula is C13H17N3OS. The minimum Gasteiger partial charge on any atom is -0.339 e. The van der Waals surface area contributed by atoms with Crippen LogP contribution in [0.2, 0.25) is 0 Å². The van der Waals surface area contributed by atoms with Crippen LogP contribution in [0.4, 0.5) is 0 Å². The van der Waals surface area contributed by atoms with Crippen LogP contribution in [0.3, 0.4) is 0 Å². The van der Waals surface area contributed by atoms with Gasteiger partial charge in [-0.05, 0) is 31.6 Å². The van der Waals surface area contributed by atoms with E-state index in [9.17, 15) is 4.79 Å². The van der Waals surface area contributed by atoms with Crippen molar-refractivity contribution < 1.29 is 4.79 Å². The highest BCUT2D eigenvalue weighted by atomic mass is 32.2. The predicted octanol–water partition coefficient (Wildman–Crippen LogP) is 2.22. The first-order chi connectivity index (χ1) is 8.79. The molecule has 0 unspecified atom stereocenters. The first-order valence-corrected chi connectivity index (χ1v) is 7.35. The van der Waals surface area contributed by atoms with Crippen LogP contribution in [0.15, 0.2) is 23.6 Å². The average molecular weight is 263 g/mol. The Hall–Kier alpha value is -1.36. The van der Waals surface area contributed by atoms with E-state index in [1.54, 1.807) is 24.5 Å². The van der Waals surface area contributed by atoms with Gasteiger partial charge in [-0.3, -0.25) is 4.79 Å². The van der Waals surface area contributed by atoms with Gasteiger partial charge in [0, 0.05) is 37.1 Å². The highest BCUT2D eigenvalue weighted by Gasteiger charge is 2.13. The molecule has 0 N–H and O–H groups in total. The number of nitrogens with zero attached hydrogens (tertiary/aromatic N) is 3. The van der Waals surface area contributed by atoms with E-state index in [0.29, 0.717) is 0 Å². The molecule has 0 spiro atoms. The maximum Gasteiger partial charge on any atom is 0.246 e. The molecule has 1 amide bonds. The van der Waals surface area contributed by atoms with Gasteiger partial charge in [-0.25, -0.2) is 9.97 Å². The molecule has 0 bridgehead atoms. The summed E-state index contributed by atoms with van der Waals surface area (Å²) in [6.45, 7) is 1.76. The number of rotatable bonds is 3. The molecule has 0 aromatic carbocycles. The first-order valence-electron chi connectivity index (χ1n) is 6.12. The number of hydrogen-bond donors (Lipinski definition) is 0. The van der Waals surface area contributed by atoms with E-state index in [2.05, 4.69) is 9.97 Å². The van der Waals surface area contributed by atoms with Crippen molar-refractivity contribution >= 4 is 23.7 Å². The van der Waals surface area contributed by atoms with Gasteiger partial charge < -0.3 is 4.90 Å². The van der Waals surface area contributed by atoms with E-state index in [-0.39, 0.29) is 5.91 Å². The van der Waals surface area contributed by atoms with Gasteiger partial charge in [0.25, 0.3) is 0 Å². The Labute approximate surface area is 112 Å². The molecule has 1 saturated heterocycles. The maximum atomic E-state index is 11.9. The molecule has 18 heavy (non-hydrogen) atoms. The standard InChI is InChI=1S/C13H17N3OS/c1-18-13-14-9-11(10-15-13)5-6-12(17)16-7-3-2-4-8-16/h5-6,9-10H,2-4,7-8H2,1H3/b6-5+. The topological polar surface area (TPSA) is 46.1 Å². The van der Waals surface area contributed by atoms with E-state index in [0.717, 1.165) is 36.7 Å². The molecule has 2 rings (SSSR count). The van der Waals surface area contributed by atoms with Crippen LogP contribution in [0, 0.1) is 0 Å². The molecule has 1 aliphatic rings. The summed E-state index contributed by atoms with van der Waals surface area (Å²) in [4.78, 5) is 22.1. The van der Waals surface area contributed by atoms with Gasteiger partial charge in [-0.2, -0.15) is 0 Å². The number of likely N-dealkylation sites (tertiary alicyclic amines) is 1. The summed E-state index contributed by atoms with van der Waals surface area (Å²) < 4.78 is 0. The van der Waals surface area contributed by atoms with Crippen LogP contribution in [-0.4, -0.2) is 40.1 Å². The monoisotopic (exact) mass is 263 g/mol. The van der Waals surface area contributed by atoms with Gasteiger partial charge in [0.15, 0.2) is 5.16 Å². The lowest BCUT2D eigenvalue weighted by Crippen LogP contribution is -2.34. The minimum absolute atomic E-state index is 0.0867. The summed E-state index contributed by atoms with van der Waals surface area (Å²) in [7, 11) is 0.